The molecule has 0 atom stereocenters. The molecule has 0 fully saturated rings. The van der Waals surface area contributed by atoms with Gasteiger partial charge in [0.05, 0.1) is 16.5 Å². The van der Waals surface area contributed by atoms with Crippen LogP contribution in [-0.4, -0.2) is 6.71 Å². The van der Waals surface area contributed by atoms with Crippen LogP contribution in [0.3, 0.4) is 0 Å². The van der Waals surface area contributed by atoms with Crippen LogP contribution >= 0.6 is 11.3 Å². The molecule has 11 aromatic rings. The third-order valence-electron chi connectivity index (χ3n) is 19.0. The summed E-state index contributed by atoms with van der Waals surface area (Å²) in [5.41, 5.74) is 33.2. The smallest absolute Gasteiger partial charge is 0.264 e. The van der Waals surface area contributed by atoms with Crippen LogP contribution < -0.4 is 25.5 Å². The number of nitrogens with zero attached hydrogens (tertiary/aromatic N) is 2. The lowest BCUT2D eigenvalue weighted by molar-refractivity contribution is 0.588. The molecule has 0 bridgehead atoms. The zero-order valence-electron chi connectivity index (χ0n) is 45.7. The Morgan fingerprint density at radius 3 is 1.38 bits per heavy atom. The highest BCUT2D eigenvalue weighted by Crippen LogP contribution is 2.68. The molecule has 79 heavy (non-hydrogen) atoms. The molecule has 2 aliphatic heterocycles. The first-order chi connectivity index (χ1) is 38.4. The fourth-order valence-corrected chi connectivity index (χ4v) is 17.4. The van der Waals surface area contributed by atoms with E-state index in [0.29, 0.717) is 0 Å². The molecular formula is C75H57BN2S. The molecule has 0 saturated heterocycles. The Balaban J connectivity index is 1.04. The molecule has 1 aromatic heterocycles. The maximum Gasteiger partial charge on any atom is 0.264 e. The van der Waals surface area contributed by atoms with E-state index in [1.807, 2.05) is 0 Å². The lowest BCUT2D eigenvalue weighted by Crippen LogP contribution is -2.60. The van der Waals surface area contributed by atoms with E-state index in [1.165, 1.54) is 149 Å². The van der Waals surface area contributed by atoms with Gasteiger partial charge in [0, 0.05) is 43.7 Å². The first kappa shape index (κ1) is 45.6. The average Bonchev–Trinajstić information content (AvgIpc) is 2.72. The third kappa shape index (κ3) is 5.63. The molecule has 0 radical (unpaired) electrons. The van der Waals surface area contributed by atoms with Crippen molar-refractivity contribution in [2.75, 3.05) is 9.80 Å². The van der Waals surface area contributed by atoms with Crippen LogP contribution in [0.25, 0.3) is 44.5 Å². The molecule has 0 N–H and O–H groups in total. The van der Waals surface area contributed by atoms with E-state index in [0.717, 1.165) is 5.69 Å². The number of benzene rings is 10. The number of hydrogen-bond donors (Lipinski definition) is 0. The number of rotatable bonds is 2. The van der Waals surface area contributed by atoms with Crippen LogP contribution in [0.15, 0.2) is 218 Å². The van der Waals surface area contributed by atoms with Crippen molar-refractivity contribution in [2.45, 2.75) is 70.1 Å². The summed E-state index contributed by atoms with van der Waals surface area (Å²) >= 11 is 2.09. The zero-order valence-corrected chi connectivity index (χ0v) is 46.5. The minimum atomic E-state index is -0.526. The summed E-state index contributed by atoms with van der Waals surface area (Å²) in [6, 6.07) is 85.1. The Hall–Kier alpha value is -8.44. The molecule has 4 heteroatoms. The van der Waals surface area contributed by atoms with Gasteiger partial charge in [0.1, 0.15) is 0 Å². The highest BCUT2D eigenvalue weighted by atomic mass is 32.1. The molecule has 3 heterocycles. The zero-order chi connectivity index (χ0) is 53.1. The minimum absolute atomic E-state index is 0.000326. The van der Waals surface area contributed by atoms with Crippen molar-refractivity contribution >= 4 is 67.9 Å². The Bertz CT molecular complexity index is 4400. The Morgan fingerprint density at radius 1 is 0.380 bits per heavy atom. The monoisotopic (exact) mass is 1030 g/mol. The van der Waals surface area contributed by atoms with Gasteiger partial charge in [-0.25, -0.2) is 0 Å². The first-order valence-electron chi connectivity index (χ1n) is 28.3. The highest BCUT2D eigenvalue weighted by Gasteiger charge is 2.58. The van der Waals surface area contributed by atoms with E-state index >= 15 is 0 Å². The number of thiophene rings is 1. The molecule has 0 amide bonds. The summed E-state index contributed by atoms with van der Waals surface area (Å²) in [6.45, 7) is 16.3. The van der Waals surface area contributed by atoms with Gasteiger partial charge >= 0.3 is 0 Å². The van der Waals surface area contributed by atoms with Crippen LogP contribution in [0.2, 0.25) is 0 Å². The van der Waals surface area contributed by atoms with Crippen LogP contribution in [0.5, 0.6) is 0 Å². The number of aryl methyl sites for hydroxylation is 1. The third-order valence-corrected chi connectivity index (χ3v) is 20.4. The van der Waals surface area contributed by atoms with Crippen molar-refractivity contribution in [3.8, 4) is 44.5 Å². The lowest BCUT2D eigenvalue weighted by atomic mass is 9.35. The van der Waals surface area contributed by atoms with Crippen molar-refractivity contribution in [3.05, 3.63) is 279 Å². The molecular weight excluding hydrogens is 972 g/mol. The predicted molar refractivity (Wildman–Crippen MR) is 333 cm³/mol. The maximum atomic E-state index is 2.71. The normalized spacial score (nSPS) is 15.4. The number of para-hydroxylation sites is 1. The average molecular weight is 1030 g/mol. The van der Waals surface area contributed by atoms with Gasteiger partial charge in [-0.15, -0.1) is 11.3 Å². The second kappa shape index (κ2) is 15.4. The summed E-state index contributed by atoms with van der Waals surface area (Å²) < 4.78 is 1.40. The number of fused-ring (bicyclic) bond motifs is 25. The van der Waals surface area contributed by atoms with Crippen molar-refractivity contribution in [3.63, 3.8) is 0 Å². The predicted octanol–water partition coefficient (Wildman–Crippen LogP) is 17.4. The van der Waals surface area contributed by atoms with Crippen LogP contribution in [0, 0.1) is 6.92 Å². The molecule has 2 nitrogen and oxygen atoms in total. The summed E-state index contributed by atoms with van der Waals surface area (Å²) in [6.07, 6.45) is 0. The van der Waals surface area contributed by atoms with E-state index < -0.39 is 10.8 Å². The van der Waals surface area contributed by atoms with Crippen molar-refractivity contribution in [1.82, 2.24) is 0 Å². The SMILES string of the molecule is Cc1cc2c3c(c1)N(c1ccc(C(C)(C)C)cc1)c1c(sc4c1-c1ccc(C(C)(C)C)cc1C41c4ccccc4-c4ccccc41)B3c1cc3c(cc1N2c1ccccc1)-c1ccccc1C31c2ccccc2-c2ccccc21. The van der Waals surface area contributed by atoms with E-state index in [-0.39, 0.29) is 17.5 Å². The molecule has 4 aliphatic carbocycles. The van der Waals surface area contributed by atoms with Crippen LogP contribution in [0.1, 0.15) is 102 Å². The number of anilines is 6. The summed E-state index contributed by atoms with van der Waals surface area (Å²) in [7, 11) is 0. The number of hydrogen-bond acceptors (Lipinski definition) is 3. The van der Waals surface area contributed by atoms with Gasteiger partial charge < -0.3 is 9.80 Å². The molecule has 0 saturated carbocycles. The topological polar surface area (TPSA) is 6.48 Å². The maximum absolute atomic E-state index is 2.71. The fourth-order valence-electron chi connectivity index (χ4n) is 15.7. The van der Waals surface area contributed by atoms with E-state index in [4.69, 9.17) is 0 Å². The van der Waals surface area contributed by atoms with Crippen LogP contribution in [0.4, 0.5) is 34.1 Å². The van der Waals surface area contributed by atoms with Gasteiger partial charge in [-0.05, 0) is 166 Å². The molecule has 2 spiro atoms. The van der Waals surface area contributed by atoms with Gasteiger partial charge in [-0.1, -0.05) is 217 Å². The molecule has 0 unspecified atom stereocenters. The van der Waals surface area contributed by atoms with Gasteiger partial charge in [0.2, 0.25) is 0 Å². The molecule has 17 rings (SSSR count). The lowest BCUT2D eigenvalue weighted by Gasteiger charge is -2.44. The van der Waals surface area contributed by atoms with Crippen molar-refractivity contribution in [2.24, 2.45) is 0 Å². The van der Waals surface area contributed by atoms with E-state index in [1.54, 1.807) is 0 Å². The quantitative estimate of drug-likeness (QED) is 0.159. The van der Waals surface area contributed by atoms with Crippen molar-refractivity contribution < 1.29 is 0 Å². The summed E-state index contributed by atoms with van der Waals surface area (Å²) in [4.78, 5) is 6.74. The van der Waals surface area contributed by atoms with E-state index in [9.17, 15) is 0 Å². The van der Waals surface area contributed by atoms with Gasteiger partial charge in [-0.2, -0.15) is 0 Å². The van der Waals surface area contributed by atoms with Crippen molar-refractivity contribution in [1.29, 1.82) is 0 Å². The molecule has 10 aromatic carbocycles. The second-order valence-corrected chi connectivity index (χ2v) is 26.2. The Morgan fingerprint density at radius 2 is 0.835 bits per heavy atom. The highest BCUT2D eigenvalue weighted by molar-refractivity contribution is 7.30. The standard InChI is InChI=1S/C75H57BN2S/c1-44-39-65-68-66(40-44)78(48-36-33-45(34-37-48)72(2,3)4)69-67-54-38-35-46(73(5,6)7)41-61(54)75(59-31-19-13-25-51(59)52-26-14-20-32-60(52)75)70(67)79-71(69)76(68)63-43-62-55(42-64(63)77(65)47-21-9-8-10-22-47)53-27-15-18-30-58(53)74(62)56-28-16-11-23-49(56)50-24-12-17-29-57(50)74/h8-43H,1-7H3. The van der Waals surface area contributed by atoms with Gasteiger partial charge in [0.15, 0.2) is 0 Å². The van der Waals surface area contributed by atoms with Gasteiger partial charge in [-0.3, -0.25) is 0 Å². The second-order valence-electron chi connectivity index (χ2n) is 25.2. The fraction of sp³-hybridized carbons (Fsp3) is 0.147. The summed E-state index contributed by atoms with van der Waals surface area (Å²) in [5, 5.41) is 0. The van der Waals surface area contributed by atoms with Gasteiger partial charge in [0.25, 0.3) is 6.71 Å². The minimum Gasteiger partial charge on any atom is -0.311 e. The summed E-state index contributed by atoms with van der Waals surface area (Å²) in [5.74, 6) is 0. The molecule has 376 valence electrons. The molecule has 6 aliphatic rings. The Labute approximate surface area is 468 Å². The largest absolute Gasteiger partial charge is 0.311 e. The Kier molecular flexibility index (Phi) is 8.90. The van der Waals surface area contributed by atoms with Crippen LogP contribution in [-0.2, 0) is 21.7 Å². The van der Waals surface area contributed by atoms with E-state index in [2.05, 4.69) is 288 Å². The first-order valence-corrected chi connectivity index (χ1v) is 29.1.